The van der Waals surface area contributed by atoms with Crippen LogP contribution >= 0.6 is 0 Å². The Morgan fingerprint density at radius 2 is 1.83 bits per heavy atom. The molecule has 36 heavy (non-hydrogen) atoms. The maximum Gasteiger partial charge on any atom is 0.241 e. The third kappa shape index (κ3) is 7.66. The lowest BCUT2D eigenvalue weighted by Gasteiger charge is -2.30. The van der Waals surface area contributed by atoms with Crippen LogP contribution in [0.15, 0.2) is 58.6 Å². The fourth-order valence-electron chi connectivity index (χ4n) is 3.91. The summed E-state index contributed by atoms with van der Waals surface area (Å²) in [5.74, 6) is -0.144. The van der Waals surface area contributed by atoms with Crippen LogP contribution in [0, 0.1) is 11.8 Å². The number of carbonyl (C=O) groups is 2. The van der Waals surface area contributed by atoms with Crippen molar-refractivity contribution >= 4 is 32.8 Å². The van der Waals surface area contributed by atoms with E-state index in [1.54, 1.807) is 34.0 Å². The number of fused-ring (bicyclic) bond motifs is 1. The van der Waals surface area contributed by atoms with Gasteiger partial charge < -0.3 is 19.2 Å². The molecular formula is C25H35N5O5S. The van der Waals surface area contributed by atoms with E-state index < -0.39 is 16.1 Å². The zero-order chi connectivity index (χ0) is 26.3. The molecule has 2 N–H and O–H groups in total. The number of furan rings is 1. The number of hydrogen-bond acceptors (Lipinski definition) is 6. The lowest BCUT2D eigenvalue weighted by molar-refractivity contribution is -0.134. The summed E-state index contributed by atoms with van der Waals surface area (Å²) in [5.41, 5.74) is 0.572. The fraction of sp³-hybridized carbons (Fsp3) is 0.480. The normalized spacial score (nSPS) is 12.8. The largest absolute Gasteiger partial charge is 0.464 e. The highest BCUT2D eigenvalue weighted by Gasteiger charge is 2.30. The summed E-state index contributed by atoms with van der Waals surface area (Å²) in [6.45, 7) is 9.26. The van der Waals surface area contributed by atoms with E-state index >= 15 is 0 Å². The van der Waals surface area contributed by atoms with Crippen molar-refractivity contribution in [1.82, 2.24) is 24.5 Å². The third-order valence-electron chi connectivity index (χ3n) is 5.45. The quantitative estimate of drug-likeness (QED) is 0.359. The standard InChI is InChI=1S/C25H35N5O5S/c1-18(2)14-30(15-19(3)4)25(32)22(7-9-27-24(31)16-29-11-10-26-17-29)28-36(33,34)21-5-6-23-20(13-21)8-12-35-23/h5-6,8,10-13,17-19,22,28H,7,9,14-16H2,1-4H3,(H,27,31)/t22-/m0/s1. The lowest BCUT2D eigenvalue weighted by atomic mass is 10.1. The summed E-state index contributed by atoms with van der Waals surface area (Å²) in [7, 11) is -4.02. The number of imidazole rings is 1. The molecule has 0 aliphatic heterocycles. The topological polar surface area (TPSA) is 127 Å². The average Bonchev–Trinajstić information content (AvgIpc) is 3.48. The second-order valence-electron chi connectivity index (χ2n) is 9.70. The molecule has 3 aromatic rings. The summed E-state index contributed by atoms with van der Waals surface area (Å²) < 4.78 is 36.1. The first kappa shape index (κ1) is 27.4. The molecule has 1 atom stereocenters. The van der Waals surface area contributed by atoms with E-state index in [-0.39, 0.29) is 48.1 Å². The zero-order valence-corrected chi connectivity index (χ0v) is 22.0. The molecule has 1 aromatic carbocycles. The van der Waals surface area contributed by atoms with Gasteiger partial charge in [-0.15, -0.1) is 0 Å². The second kappa shape index (κ2) is 12.2. The summed E-state index contributed by atoms with van der Waals surface area (Å²) in [5, 5.41) is 3.41. The van der Waals surface area contributed by atoms with E-state index in [0.29, 0.717) is 24.1 Å². The number of benzene rings is 1. The van der Waals surface area contributed by atoms with Crippen molar-refractivity contribution in [3.05, 3.63) is 49.2 Å². The first-order chi connectivity index (χ1) is 17.0. The van der Waals surface area contributed by atoms with Gasteiger partial charge in [0.2, 0.25) is 21.8 Å². The van der Waals surface area contributed by atoms with Crippen molar-refractivity contribution in [2.75, 3.05) is 19.6 Å². The first-order valence-corrected chi connectivity index (χ1v) is 13.5. The van der Waals surface area contributed by atoms with E-state index in [4.69, 9.17) is 4.42 Å². The lowest BCUT2D eigenvalue weighted by Crippen LogP contribution is -2.51. The SMILES string of the molecule is CC(C)CN(CC(C)C)C(=O)[C@H](CCNC(=O)Cn1ccnc1)NS(=O)(=O)c1ccc2occc2c1. The number of sulfonamides is 1. The Hall–Kier alpha value is -3.18. The van der Waals surface area contributed by atoms with E-state index in [2.05, 4.69) is 15.0 Å². The number of rotatable bonds is 13. The summed E-state index contributed by atoms with van der Waals surface area (Å²) >= 11 is 0. The smallest absolute Gasteiger partial charge is 0.241 e. The monoisotopic (exact) mass is 517 g/mol. The van der Waals surface area contributed by atoms with Gasteiger partial charge in [0, 0.05) is 37.4 Å². The minimum absolute atomic E-state index is 0.0395. The van der Waals surface area contributed by atoms with Gasteiger partial charge in [-0.3, -0.25) is 9.59 Å². The average molecular weight is 518 g/mol. The number of amides is 2. The molecule has 2 aromatic heterocycles. The first-order valence-electron chi connectivity index (χ1n) is 12.1. The van der Waals surface area contributed by atoms with Crippen molar-refractivity contribution in [2.24, 2.45) is 11.8 Å². The molecule has 0 aliphatic rings. The number of hydrogen-bond donors (Lipinski definition) is 2. The van der Waals surface area contributed by atoms with Crippen molar-refractivity contribution in [2.45, 2.75) is 51.6 Å². The van der Waals surface area contributed by atoms with Crippen LogP contribution in [0.2, 0.25) is 0 Å². The van der Waals surface area contributed by atoms with Gasteiger partial charge in [-0.1, -0.05) is 27.7 Å². The molecule has 0 fully saturated rings. The van der Waals surface area contributed by atoms with Crippen molar-refractivity contribution < 1.29 is 22.4 Å². The van der Waals surface area contributed by atoms with Crippen LogP contribution in [0.3, 0.4) is 0 Å². The van der Waals surface area contributed by atoms with Crippen LogP contribution in [-0.4, -0.2) is 60.4 Å². The molecule has 3 rings (SSSR count). The molecule has 0 saturated carbocycles. The Bertz CT molecular complexity index is 1240. The molecule has 0 saturated heterocycles. The second-order valence-corrected chi connectivity index (χ2v) is 11.4. The van der Waals surface area contributed by atoms with Gasteiger partial charge in [-0.05, 0) is 42.5 Å². The van der Waals surface area contributed by atoms with Gasteiger partial charge >= 0.3 is 0 Å². The maximum absolute atomic E-state index is 13.6. The molecule has 0 spiro atoms. The van der Waals surface area contributed by atoms with Crippen LogP contribution < -0.4 is 10.0 Å². The Morgan fingerprint density at radius 3 is 2.47 bits per heavy atom. The molecule has 11 heteroatoms. The number of aromatic nitrogens is 2. The number of nitrogens with zero attached hydrogens (tertiary/aromatic N) is 3. The minimum Gasteiger partial charge on any atom is -0.464 e. The Labute approximate surface area is 212 Å². The van der Waals surface area contributed by atoms with Gasteiger partial charge in [0.1, 0.15) is 18.2 Å². The molecule has 0 aliphatic carbocycles. The predicted octanol–water partition coefficient (Wildman–Crippen LogP) is 2.62. The summed E-state index contributed by atoms with van der Waals surface area (Å²) in [4.78, 5) is 31.5. The van der Waals surface area contributed by atoms with Gasteiger partial charge in [-0.25, -0.2) is 13.4 Å². The van der Waals surface area contributed by atoms with E-state index in [0.717, 1.165) is 0 Å². The maximum atomic E-state index is 13.6. The van der Waals surface area contributed by atoms with Crippen LogP contribution in [0.4, 0.5) is 0 Å². The highest BCUT2D eigenvalue weighted by molar-refractivity contribution is 7.89. The van der Waals surface area contributed by atoms with Gasteiger partial charge in [0.15, 0.2) is 0 Å². The molecule has 196 valence electrons. The Kier molecular flexibility index (Phi) is 9.27. The zero-order valence-electron chi connectivity index (χ0n) is 21.2. The van der Waals surface area contributed by atoms with E-state index in [1.807, 2.05) is 27.7 Å². The van der Waals surface area contributed by atoms with Crippen LogP contribution in [0.25, 0.3) is 11.0 Å². The molecular weight excluding hydrogens is 482 g/mol. The molecule has 0 unspecified atom stereocenters. The van der Waals surface area contributed by atoms with E-state index in [9.17, 15) is 18.0 Å². The number of carbonyl (C=O) groups excluding carboxylic acids is 2. The minimum atomic E-state index is -4.02. The van der Waals surface area contributed by atoms with Gasteiger partial charge in [0.05, 0.1) is 17.5 Å². The third-order valence-corrected chi connectivity index (χ3v) is 6.92. The summed E-state index contributed by atoms with van der Waals surface area (Å²) in [6.07, 6.45) is 6.38. The molecule has 10 nitrogen and oxygen atoms in total. The predicted molar refractivity (Wildman–Crippen MR) is 136 cm³/mol. The van der Waals surface area contributed by atoms with E-state index in [1.165, 1.54) is 24.7 Å². The fourth-order valence-corrected chi connectivity index (χ4v) is 5.17. The number of nitrogens with one attached hydrogen (secondary N) is 2. The summed E-state index contributed by atoms with van der Waals surface area (Å²) in [6, 6.07) is 5.18. The Morgan fingerprint density at radius 1 is 1.11 bits per heavy atom. The van der Waals surface area contributed by atoms with Crippen LogP contribution in [-0.2, 0) is 26.2 Å². The van der Waals surface area contributed by atoms with Crippen LogP contribution in [0.5, 0.6) is 0 Å². The molecule has 0 bridgehead atoms. The van der Waals surface area contributed by atoms with Crippen molar-refractivity contribution in [3.63, 3.8) is 0 Å². The Balaban J connectivity index is 1.78. The molecule has 2 heterocycles. The van der Waals surface area contributed by atoms with Crippen LogP contribution in [0.1, 0.15) is 34.1 Å². The molecule has 2 amide bonds. The highest BCUT2D eigenvalue weighted by Crippen LogP contribution is 2.21. The highest BCUT2D eigenvalue weighted by atomic mass is 32.2. The van der Waals surface area contributed by atoms with Gasteiger partial charge in [-0.2, -0.15) is 4.72 Å². The van der Waals surface area contributed by atoms with Crippen molar-refractivity contribution in [3.8, 4) is 0 Å². The van der Waals surface area contributed by atoms with Crippen molar-refractivity contribution in [1.29, 1.82) is 0 Å². The molecule has 0 radical (unpaired) electrons. The van der Waals surface area contributed by atoms with Gasteiger partial charge in [0.25, 0.3) is 0 Å².